The molecule has 1 atom stereocenters. The molecule has 0 aliphatic heterocycles. The molecule has 2 rings (SSSR count). The van der Waals surface area contributed by atoms with Gasteiger partial charge in [-0.05, 0) is 48.8 Å². The van der Waals surface area contributed by atoms with E-state index in [1.165, 1.54) is 7.11 Å². The highest BCUT2D eigenvalue weighted by molar-refractivity contribution is 7.98. The molecule has 1 aromatic carbocycles. The zero-order chi connectivity index (χ0) is 18.2. The fraction of sp³-hybridized carbons (Fsp3) is 0.333. The first kappa shape index (κ1) is 18.9. The quantitative estimate of drug-likeness (QED) is 0.758. The standard InChI is InChI=1S/C18H23N3O3S/c1-19-17(22)13-6-7-16(24-2)14(12-13)20-18(23)15(8-11-25-3)21-9-4-5-10-21/h4-7,9-10,12,15H,8,11H2,1-3H3,(H,19,22)(H,20,23). The van der Waals surface area contributed by atoms with Crippen molar-refractivity contribution in [1.29, 1.82) is 0 Å². The molecule has 134 valence electrons. The van der Waals surface area contributed by atoms with E-state index in [2.05, 4.69) is 10.6 Å². The summed E-state index contributed by atoms with van der Waals surface area (Å²) in [7, 11) is 3.09. The number of amides is 2. The van der Waals surface area contributed by atoms with Gasteiger partial charge in [0.2, 0.25) is 5.91 Å². The summed E-state index contributed by atoms with van der Waals surface area (Å²) in [5.74, 6) is 1.02. The second kappa shape index (κ2) is 9.17. The Morgan fingerprint density at radius 1 is 1.28 bits per heavy atom. The summed E-state index contributed by atoms with van der Waals surface area (Å²) in [4.78, 5) is 24.7. The Morgan fingerprint density at radius 2 is 2.00 bits per heavy atom. The Hall–Kier alpha value is -2.41. The van der Waals surface area contributed by atoms with Gasteiger partial charge in [-0.2, -0.15) is 11.8 Å². The number of aromatic nitrogens is 1. The molecule has 0 saturated carbocycles. The van der Waals surface area contributed by atoms with E-state index in [4.69, 9.17) is 4.74 Å². The molecule has 0 aliphatic rings. The fourth-order valence-electron chi connectivity index (χ4n) is 2.51. The van der Waals surface area contributed by atoms with Crippen molar-refractivity contribution in [2.24, 2.45) is 0 Å². The number of rotatable bonds is 8. The summed E-state index contributed by atoms with van der Waals surface area (Å²) in [6, 6.07) is 8.42. The van der Waals surface area contributed by atoms with Gasteiger partial charge in [0, 0.05) is 25.0 Å². The summed E-state index contributed by atoms with van der Waals surface area (Å²) < 4.78 is 7.20. The van der Waals surface area contributed by atoms with E-state index in [9.17, 15) is 9.59 Å². The number of carbonyl (C=O) groups is 2. The van der Waals surface area contributed by atoms with Gasteiger partial charge in [0.05, 0.1) is 12.8 Å². The van der Waals surface area contributed by atoms with Crippen LogP contribution in [-0.2, 0) is 4.79 Å². The largest absolute Gasteiger partial charge is 0.495 e. The van der Waals surface area contributed by atoms with Gasteiger partial charge in [-0.3, -0.25) is 9.59 Å². The fourth-order valence-corrected chi connectivity index (χ4v) is 2.97. The molecule has 0 saturated heterocycles. The van der Waals surface area contributed by atoms with Gasteiger partial charge in [0.25, 0.3) is 5.91 Å². The van der Waals surface area contributed by atoms with Crippen LogP contribution in [0.1, 0.15) is 22.8 Å². The van der Waals surface area contributed by atoms with Gasteiger partial charge in [0.15, 0.2) is 0 Å². The third kappa shape index (κ3) is 4.79. The molecule has 25 heavy (non-hydrogen) atoms. The molecule has 7 heteroatoms. The molecule has 1 heterocycles. The Bertz CT molecular complexity index is 716. The van der Waals surface area contributed by atoms with Crippen LogP contribution in [0.3, 0.4) is 0 Å². The third-order valence-corrected chi connectivity index (χ3v) is 4.48. The third-order valence-electron chi connectivity index (χ3n) is 3.83. The second-order valence-corrected chi connectivity index (χ2v) is 6.40. The predicted molar refractivity (Wildman–Crippen MR) is 101 cm³/mol. The van der Waals surface area contributed by atoms with Crippen LogP contribution in [0.4, 0.5) is 5.69 Å². The van der Waals surface area contributed by atoms with Crippen LogP contribution in [0.25, 0.3) is 0 Å². The molecule has 0 radical (unpaired) electrons. The van der Waals surface area contributed by atoms with Crippen LogP contribution < -0.4 is 15.4 Å². The van der Waals surface area contributed by atoms with Gasteiger partial charge < -0.3 is 19.9 Å². The summed E-state index contributed by atoms with van der Waals surface area (Å²) in [5, 5.41) is 5.48. The van der Waals surface area contributed by atoms with Gasteiger partial charge in [0.1, 0.15) is 11.8 Å². The Balaban J connectivity index is 2.26. The van der Waals surface area contributed by atoms with Crippen molar-refractivity contribution in [3.05, 3.63) is 48.3 Å². The van der Waals surface area contributed by atoms with E-state index in [0.29, 0.717) is 23.4 Å². The molecule has 0 fully saturated rings. The smallest absolute Gasteiger partial charge is 0.251 e. The molecule has 6 nitrogen and oxygen atoms in total. The average Bonchev–Trinajstić information content (AvgIpc) is 3.15. The molecule has 1 aromatic heterocycles. The van der Waals surface area contributed by atoms with E-state index in [0.717, 1.165) is 5.75 Å². The highest BCUT2D eigenvalue weighted by atomic mass is 32.2. The number of benzene rings is 1. The Kier molecular flexibility index (Phi) is 6.94. The number of nitrogens with zero attached hydrogens (tertiary/aromatic N) is 1. The first-order valence-electron chi connectivity index (χ1n) is 7.93. The number of methoxy groups -OCH3 is 1. The van der Waals surface area contributed by atoms with Crippen molar-refractivity contribution in [1.82, 2.24) is 9.88 Å². The Morgan fingerprint density at radius 3 is 2.60 bits per heavy atom. The molecule has 2 amide bonds. The van der Waals surface area contributed by atoms with Crippen molar-refractivity contribution in [3.63, 3.8) is 0 Å². The van der Waals surface area contributed by atoms with Crippen LogP contribution in [0.2, 0.25) is 0 Å². The first-order valence-corrected chi connectivity index (χ1v) is 9.32. The van der Waals surface area contributed by atoms with Gasteiger partial charge in [-0.25, -0.2) is 0 Å². The average molecular weight is 361 g/mol. The van der Waals surface area contributed by atoms with E-state index in [-0.39, 0.29) is 17.9 Å². The number of anilines is 1. The topological polar surface area (TPSA) is 72.4 Å². The predicted octanol–water partition coefficient (Wildman–Crippen LogP) is 2.79. The minimum atomic E-state index is -0.323. The monoisotopic (exact) mass is 361 g/mol. The van der Waals surface area contributed by atoms with Crippen molar-refractivity contribution in [2.45, 2.75) is 12.5 Å². The molecule has 0 spiro atoms. The summed E-state index contributed by atoms with van der Waals surface area (Å²) in [6.45, 7) is 0. The van der Waals surface area contributed by atoms with E-state index < -0.39 is 0 Å². The molecular formula is C18H23N3O3S. The maximum absolute atomic E-state index is 12.8. The van der Waals surface area contributed by atoms with E-state index in [1.807, 2.05) is 35.3 Å². The zero-order valence-corrected chi connectivity index (χ0v) is 15.4. The summed E-state index contributed by atoms with van der Waals surface area (Å²) in [6.07, 6.45) is 6.48. The molecule has 0 aliphatic carbocycles. The lowest BCUT2D eigenvalue weighted by molar-refractivity contribution is -0.119. The minimum Gasteiger partial charge on any atom is -0.495 e. The molecule has 2 N–H and O–H groups in total. The number of nitrogens with one attached hydrogen (secondary N) is 2. The Labute approximate surface area is 151 Å². The minimum absolute atomic E-state index is 0.141. The first-order chi connectivity index (χ1) is 12.1. The number of thioether (sulfide) groups is 1. The van der Waals surface area contributed by atoms with Gasteiger partial charge >= 0.3 is 0 Å². The lowest BCUT2D eigenvalue weighted by Crippen LogP contribution is -2.26. The van der Waals surface area contributed by atoms with Crippen molar-refractivity contribution in [2.75, 3.05) is 31.5 Å². The molecule has 1 unspecified atom stereocenters. The van der Waals surface area contributed by atoms with Crippen molar-refractivity contribution >= 4 is 29.3 Å². The maximum atomic E-state index is 12.8. The SMILES string of the molecule is CNC(=O)c1ccc(OC)c(NC(=O)C(CCSC)n2cccc2)c1. The second-order valence-electron chi connectivity index (χ2n) is 5.41. The van der Waals surface area contributed by atoms with Crippen molar-refractivity contribution in [3.8, 4) is 5.75 Å². The number of ether oxygens (including phenoxy) is 1. The number of hydrogen-bond acceptors (Lipinski definition) is 4. The number of hydrogen-bond donors (Lipinski definition) is 2. The number of carbonyl (C=O) groups excluding carboxylic acids is 2. The van der Waals surface area contributed by atoms with Gasteiger partial charge in [-0.15, -0.1) is 0 Å². The summed E-state index contributed by atoms with van der Waals surface area (Å²) in [5.41, 5.74) is 0.940. The normalized spacial score (nSPS) is 11.6. The lowest BCUT2D eigenvalue weighted by Gasteiger charge is -2.19. The van der Waals surface area contributed by atoms with Crippen LogP contribution in [-0.4, -0.2) is 42.5 Å². The highest BCUT2D eigenvalue weighted by Crippen LogP contribution is 2.27. The van der Waals surface area contributed by atoms with Gasteiger partial charge in [-0.1, -0.05) is 0 Å². The molecule has 2 aromatic rings. The maximum Gasteiger partial charge on any atom is 0.251 e. The van der Waals surface area contributed by atoms with Crippen molar-refractivity contribution < 1.29 is 14.3 Å². The highest BCUT2D eigenvalue weighted by Gasteiger charge is 2.21. The molecular weight excluding hydrogens is 338 g/mol. The summed E-state index contributed by atoms with van der Waals surface area (Å²) >= 11 is 1.70. The van der Waals surface area contributed by atoms with E-state index in [1.54, 1.807) is 37.0 Å². The lowest BCUT2D eigenvalue weighted by atomic mass is 10.1. The van der Waals surface area contributed by atoms with Crippen LogP contribution in [0, 0.1) is 0 Å². The molecule has 0 bridgehead atoms. The van der Waals surface area contributed by atoms with Crippen LogP contribution in [0.15, 0.2) is 42.7 Å². The zero-order valence-electron chi connectivity index (χ0n) is 14.6. The van der Waals surface area contributed by atoms with Crippen LogP contribution in [0.5, 0.6) is 5.75 Å². The van der Waals surface area contributed by atoms with E-state index >= 15 is 0 Å². The van der Waals surface area contributed by atoms with Crippen LogP contribution >= 0.6 is 11.8 Å².